The van der Waals surface area contributed by atoms with Crippen LogP contribution in [0.15, 0.2) is 72.8 Å². The predicted molar refractivity (Wildman–Crippen MR) is 184 cm³/mol. The maximum absolute atomic E-state index is 14.1. The van der Waals surface area contributed by atoms with Crippen LogP contribution in [0.25, 0.3) is 11.1 Å². The van der Waals surface area contributed by atoms with Crippen LogP contribution in [0.1, 0.15) is 47.2 Å². The van der Waals surface area contributed by atoms with Gasteiger partial charge in [-0.05, 0) is 66.3 Å². The predicted octanol–water partition coefficient (Wildman–Crippen LogP) is 5.09. The Balaban J connectivity index is 1.22. The van der Waals surface area contributed by atoms with Gasteiger partial charge in [-0.25, -0.2) is 0 Å². The number of unbranched alkanes of at least 4 members (excludes halogenated alkanes) is 1. The van der Waals surface area contributed by atoms with E-state index in [1.165, 1.54) is 0 Å². The first-order chi connectivity index (χ1) is 20.1. The minimum absolute atomic E-state index is 0.0116. The van der Waals surface area contributed by atoms with E-state index in [2.05, 4.69) is 79.7 Å². The number of likely N-dealkylation sites (tertiary alicyclic amines) is 1. The van der Waals surface area contributed by atoms with Gasteiger partial charge in [-0.1, -0.05) is 61.0 Å². The van der Waals surface area contributed by atoms with Crippen LogP contribution in [0.2, 0.25) is 0 Å². The summed E-state index contributed by atoms with van der Waals surface area (Å²) in [5, 5.41) is 6.50. The molecule has 0 radical (unpaired) electrons. The van der Waals surface area contributed by atoms with Gasteiger partial charge < -0.3 is 20.4 Å². The second-order valence-corrected chi connectivity index (χ2v) is 17.2. The number of fused-ring (bicyclic) bond motifs is 3. The number of benzene rings is 3. The molecular weight excluding hydrogens is 577 g/mol. The van der Waals surface area contributed by atoms with E-state index in [4.69, 9.17) is 0 Å². The molecule has 0 bridgehead atoms. The van der Waals surface area contributed by atoms with E-state index >= 15 is 0 Å². The fraction of sp³-hybridized carbons (Fsp3) is 0.394. The summed E-state index contributed by atoms with van der Waals surface area (Å²) in [6, 6.07) is 24.7. The average molecular weight is 621 g/mol. The lowest BCUT2D eigenvalue weighted by Gasteiger charge is -2.32. The van der Waals surface area contributed by atoms with Crippen LogP contribution in [-0.4, -0.2) is 67.7 Å². The molecule has 0 spiro atoms. The fourth-order valence-electron chi connectivity index (χ4n) is 6.41. The summed E-state index contributed by atoms with van der Waals surface area (Å²) in [4.78, 5) is 31.5. The van der Waals surface area contributed by atoms with Gasteiger partial charge in [0.1, 0.15) is 5.41 Å². The molecule has 4 unspecified atom stereocenters. The van der Waals surface area contributed by atoms with E-state index in [1.807, 2.05) is 55.4 Å². The highest BCUT2D eigenvalue weighted by Crippen LogP contribution is 2.51. The van der Waals surface area contributed by atoms with Crippen molar-refractivity contribution in [2.45, 2.75) is 41.8 Å². The molecule has 0 aromatic heterocycles. The molecule has 1 heterocycles. The summed E-state index contributed by atoms with van der Waals surface area (Å²) < 4.78 is -0.245. The summed E-state index contributed by atoms with van der Waals surface area (Å²) in [6.45, 7) is 3.31. The summed E-state index contributed by atoms with van der Waals surface area (Å²) in [5.74, 6) is 0.0569. The van der Waals surface area contributed by atoms with E-state index in [9.17, 15) is 9.59 Å². The van der Waals surface area contributed by atoms with E-state index in [-0.39, 0.29) is 22.5 Å². The van der Waals surface area contributed by atoms with Gasteiger partial charge in [0.15, 0.2) is 0 Å². The molecule has 3 aromatic carbocycles. The number of hydrogen-bond donors (Lipinski definition) is 2. The Labute approximate surface area is 257 Å². The molecule has 42 heavy (non-hydrogen) atoms. The standard InChI is InChI=1S/C33H43N4O2P3/c1-36(2)25-11-9-10-23(20-25)30(38)35-24-16-19-37(21-24)18-8-7-17-32(31(39)34-22-33(40,41)42)28-14-5-3-12-26(28)27-13-4-6-15-29(27)32/h3-6,9-15,20,24H,7-8,16-19,21-22,40-42H2,1-2H3,(H,34,39)(H,35,38). The van der Waals surface area contributed by atoms with Crippen molar-refractivity contribution in [1.29, 1.82) is 0 Å². The molecule has 2 amide bonds. The van der Waals surface area contributed by atoms with Gasteiger partial charge in [-0.3, -0.25) is 9.59 Å². The first kappa shape index (κ1) is 31.1. The van der Waals surface area contributed by atoms with Crippen LogP contribution in [-0.2, 0) is 10.2 Å². The Bertz CT molecular complexity index is 1390. The number of carbonyl (C=O) groups is 2. The smallest absolute Gasteiger partial charge is 0.251 e. The second-order valence-electron chi connectivity index (χ2n) is 12.0. The van der Waals surface area contributed by atoms with Gasteiger partial charge in [0, 0.05) is 55.7 Å². The van der Waals surface area contributed by atoms with E-state index in [0.717, 1.165) is 73.3 Å². The molecule has 6 nitrogen and oxygen atoms in total. The average Bonchev–Trinajstić information content (AvgIpc) is 3.54. The Morgan fingerprint density at radius 1 is 0.952 bits per heavy atom. The van der Waals surface area contributed by atoms with Crippen molar-refractivity contribution in [2.75, 3.05) is 45.2 Å². The Morgan fingerprint density at radius 2 is 1.62 bits per heavy atom. The molecule has 2 N–H and O–H groups in total. The molecular formula is C33H43N4O2P3. The summed E-state index contributed by atoms with van der Waals surface area (Å²) in [5.41, 5.74) is 5.53. The molecule has 1 aliphatic carbocycles. The van der Waals surface area contributed by atoms with Crippen molar-refractivity contribution in [1.82, 2.24) is 15.5 Å². The molecule has 4 atom stereocenters. The third-order valence-corrected chi connectivity index (χ3v) is 9.13. The molecule has 1 aliphatic heterocycles. The number of anilines is 1. The summed E-state index contributed by atoms with van der Waals surface area (Å²) >= 11 is 0. The number of hydrogen-bond acceptors (Lipinski definition) is 4. The van der Waals surface area contributed by atoms with Crippen molar-refractivity contribution in [3.63, 3.8) is 0 Å². The second kappa shape index (κ2) is 13.1. The Kier molecular flexibility index (Phi) is 9.70. The van der Waals surface area contributed by atoms with E-state index in [0.29, 0.717) is 12.1 Å². The fourth-order valence-corrected chi connectivity index (χ4v) is 6.72. The van der Waals surface area contributed by atoms with Crippen LogP contribution >= 0.6 is 27.7 Å². The van der Waals surface area contributed by atoms with Crippen LogP contribution in [0.4, 0.5) is 5.69 Å². The zero-order valence-corrected chi connectivity index (χ0v) is 28.1. The molecule has 9 heteroatoms. The van der Waals surface area contributed by atoms with Crippen LogP contribution in [0, 0.1) is 0 Å². The molecule has 1 saturated heterocycles. The maximum atomic E-state index is 14.1. The minimum atomic E-state index is -0.707. The van der Waals surface area contributed by atoms with Crippen molar-refractivity contribution in [3.8, 4) is 11.1 Å². The lowest BCUT2D eigenvalue weighted by Crippen LogP contribution is -2.46. The lowest BCUT2D eigenvalue weighted by atomic mass is 9.73. The van der Waals surface area contributed by atoms with Crippen molar-refractivity contribution in [3.05, 3.63) is 89.5 Å². The van der Waals surface area contributed by atoms with Gasteiger partial charge in [-0.2, -0.15) is 0 Å². The number of amides is 2. The number of nitrogens with one attached hydrogen (secondary N) is 2. The third kappa shape index (κ3) is 6.74. The van der Waals surface area contributed by atoms with Gasteiger partial charge in [0.05, 0.1) is 0 Å². The minimum Gasteiger partial charge on any atom is -0.378 e. The van der Waals surface area contributed by atoms with Crippen LogP contribution in [0.3, 0.4) is 0 Å². The van der Waals surface area contributed by atoms with Crippen LogP contribution in [0.5, 0.6) is 0 Å². The van der Waals surface area contributed by atoms with Crippen molar-refractivity contribution in [2.24, 2.45) is 0 Å². The summed E-state index contributed by atoms with van der Waals surface area (Å²) in [7, 11) is 12.3. The SMILES string of the molecule is CN(C)c1cccc(C(=O)NC2CCN(CCCCC3(C(=O)NCC(P)(P)P)c4ccccc4-c4ccccc43)C2)c1. The van der Waals surface area contributed by atoms with Crippen molar-refractivity contribution < 1.29 is 9.59 Å². The number of nitrogens with zero attached hydrogens (tertiary/aromatic N) is 2. The number of carbonyl (C=O) groups excluding carboxylic acids is 2. The first-order valence-electron chi connectivity index (χ1n) is 14.7. The first-order valence-corrected chi connectivity index (χ1v) is 16.5. The van der Waals surface area contributed by atoms with Gasteiger partial charge in [0.25, 0.3) is 5.91 Å². The lowest BCUT2D eigenvalue weighted by molar-refractivity contribution is -0.125. The van der Waals surface area contributed by atoms with Gasteiger partial charge >= 0.3 is 0 Å². The third-order valence-electron chi connectivity index (χ3n) is 8.52. The highest BCUT2D eigenvalue weighted by molar-refractivity contribution is 7.57. The zero-order valence-electron chi connectivity index (χ0n) is 24.6. The molecule has 1 fully saturated rings. The largest absolute Gasteiger partial charge is 0.378 e. The Hall–Kier alpha value is -2.35. The highest BCUT2D eigenvalue weighted by Gasteiger charge is 2.48. The van der Waals surface area contributed by atoms with Crippen LogP contribution < -0.4 is 15.5 Å². The monoisotopic (exact) mass is 620 g/mol. The molecule has 222 valence electrons. The normalized spacial score (nSPS) is 17.4. The Morgan fingerprint density at radius 3 is 2.26 bits per heavy atom. The number of rotatable bonds is 11. The van der Waals surface area contributed by atoms with Crippen molar-refractivity contribution >= 4 is 45.2 Å². The topological polar surface area (TPSA) is 64.7 Å². The van der Waals surface area contributed by atoms with E-state index in [1.54, 1.807) is 0 Å². The van der Waals surface area contributed by atoms with Gasteiger partial charge in [0.2, 0.25) is 5.91 Å². The molecule has 0 saturated carbocycles. The highest BCUT2D eigenvalue weighted by atomic mass is 31.1. The molecule has 5 rings (SSSR count). The van der Waals surface area contributed by atoms with Gasteiger partial charge in [-0.15, -0.1) is 27.7 Å². The maximum Gasteiger partial charge on any atom is 0.251 e. The van der Waals surface area contributed by atoms with E-state index < -0.39 is 5.41 Å². The molecule has 3 aromatic rings. The quantitative estimate of drug-likeness (QED) is 0.232. The zero-order chi connectivity index (χ0) is 29.9. The molecule has 2 aliphatic rings. The summed E-state index contributed by atoms with van der Waals surface area (Å²) in [6.07, 6.45) is 3.62.